The Kier molecular flexibility index (Phi) is 62.3. The van der Waals surface area contributed by atoms with Crippen LogP contribution in [0.25, 0.3) is 0 Å². The van der Waals surface area contributed by atoms with Crippen molar-refractivity contribution in [2.75, 3.05) is 6.61 Å². The molecule has 0 heterocycles. The second kappa shape index (κ2) is 63.4. The first kappa shape index (κ1) is 71.8. The van der Waals surface area contributed by atoms with Gasteiger partial charge in [-0.3, -0.25) is 4.79 Å². The summed E-state index contributed by atoms with van der Waals surface area (Å²) in [5.41, 5.74) is 0. The monoisotopic (exact) mass is 1030 g/mol. The number of hydrogen-bond donors (Lipinski definition) is 4. The number of carbonyl (C=O) groups excluding carboxylic acids is 1. The topological polar surface area (TPSA) is 89.8 Å². The fraction of sp³-hybridized carbons (Fsp3) is 0.926. The second-order valence-corrected chi connectivity index (χ2v) is 23.4. The fourth-order valence-corrected chi connectivity index (χ4v) is 10.9. The minimum Gasteiger partial charge on any atom is -0.394 e. The zero-order chi connectivity index (χ0) is 52.9. The molecule has 0 aromatic heterocycles. The Hall–Kier alpha value is -1.17. The third-order valence-electron chi connectivity index (χ3n) is 16.0. The maximum Gasteiger partial charge on any atom is 0.220 e. The number of allylic oxidation sites excluding steroid dienone is 4. The predicted molar refractivity (Wildman–Crippen MR) is 324 cm³/mol. The van der Waals surface area contributed by atoms with Crippen molar-refractivity contribution in [2.45, 2.75) is 398 Å². The largest absolute Gasteiger partial charge is 0.394 e. The molecule has 0 bridgehead atoms. The van der Waals surface area contributed by atoms with Gasteiger partial charge in [-0.15, -0.1) is 0 Å². The lowest BCUT2D eigenvalue weighted by Gasteiger charge is -2.26. The van der Waals surface area contributed by atoms with E-state index in [-0.39, 0.29) is 12.5 Å². The number of aliphatic hydroxyl groups excluding tert-OH is 3. The SMILES string of the molecule is CCCCCCCCCCCCCCCCC/C=C/CCCC(O)C(O)C(CO)NC(=O)CCCCCCCCCCCCCCCCCCC/C=C\CCCCCCCCCCCCCCCCCCCC. The molecule has 0 saturated heterocycles. The number of hydrogen-bond acceptors (Lipinski definition) is 4. The molecule has 0 aliphatic heterocycles. The Morgan fingerprint density at radius 3 is 0.795 bits per heavy atom. The Labute approximate surface area is 458 Å². The fourth-order valence-electron chi connectivity index (χ4n) is 10.9. The van der Waals surface area contributed by atoms with Crippen LogP contribution >= 0.6 is 0 Å². The summed E-state index contributed by atoms with van der Waals surface area (Å²) in [6.45, 7) is 4.22. The first-order chi connectivity index (χ1) is 36.1. The summed E-state index contributed by atoms with van der Waals surface area (Å²) in [6.07, 6.45) is 82.5. The van der Waals surface area contributed by atoms with Gasteiger partial charge in [0.25, 0.3) is 0 Å². The van der Waals surface area contributed by atoms with Crippen molar-refractivity contribution >= 4 is 5.91 Å². The van der Waals surface area contributed by atoms with Crippen molar-refractivity contribution in [2.24, 2.45) is 0 Å². The van der Waals surface area contributed by atoms with Gasteiger partial charge in [-0.05, 0) is 64.2 Å². The minimum atomic E-state index is -1.16. The highest BCUT2D eigenvalue weighted by Crippen LogP contribution is 2.19. The summed E-state index contributed by atoms with van der Waals surface area (Å²) >= 11 is 0. The molecule has 0 radical (unpaired) electrons. The summed E-state index contributed by atoms with van der Waals surface area (Å²) in [5.74, 6) is -0.147. The molecular formula is C68H133NO4. The molecule has 0 spiro atoms. The number of carbonyl (C=O) groups is 1. The molecule has 0 aliphatic carbocycles. The van der Waals surface area contributed by atoms with Crippen LogP contribution < -0.4 is 5.32 Å². The Bertz CT molecular complexity index is 1090. The lowest BCUT2D eigenvalue weighted by atomic mass is 10.0. The van der Waals surface area contributed by atoms with Crippen molar-refractivity contribution in [3.05, 3.63) is 24.3 Å². The molecule has 3 atom stereocenters. The van der Waals surface area contributed by atoms with Gasteiger partial charge in [-0.25, -0.2) is 0 Å². The van der Waals surface area contributed by atoms with Crippen LogP contribution in [0.4, 0.5) is 0 Å². The summed E-state index contributed by atoms with van der Waals surface area (Å²) in [6, 6.07) is -0.825. The van der Waals surface area contributed by atoms with Gasteiger partial charge in [0.15, 0.2) is 0 Å². The molecule has 0 rings (SSSR count). The zero-order valence-corrected chi connectivity index (χ0v) is 49.8. The van der Waals surface area contributed by atoms with Crippen LogP contribution in [-0.2, 0) is 4.79 Å². The van der Waals surface area contributed by atoms with E-state index in [2.05, 4.69) is 43.5 Å². The number of amides is 1. The molecule has 0 fully saturated rings. The summed E-state index contributed by atoms with van der Waals surface area (Å²) in [7, 11) is 0. The standard InChI is InChI=1S/C68H133NO4/c1-3-5-7-9-11-13-15-17-19-21-23-25-26-27-28-29-30-31-32-33-34-35-36-37-38-39-40-41-42-43-45-47-49-51-53-55-57-59-61-63-67(72)69-65(64-70)68(73)66(71)62-60-58-56-54-52-50-48-46-44-24-22-20-18-16-14-12-10-8-6-4-2/h33-34,54,56,65-66,68,70-71,73H,3-32,35-53,55,57-64H2,1-2H3,(H,69,72)/b34-33-,56-54+. The van der Waals surface area contributed by atoms with Crippen LogP contribution in [0, 0.1) is 0 Å². The van der Waals surface area contributed by atoms with Gasteiger partial charge in [0.2, 0.25) is 5.91 Å². The summed E-state index contributed by atoms with van der Waals surface area (Å²) in [4.78, 5) is 12.6. The van der Waals surface area contributed by atoms with Gasteiger partial charge in [0.05, 0.1) is 18.8 Å². The van der Waals surface area contributed by atoms with Crippen molar-refractivity contribution in [3.63, 3.8) is 0 Å². The van der Waals surface area contributed by atoms with Crippen LogP contribution in [0.1, 0.15) is 380 Å². The molecule has 4 N–H and O–H groups in total. The molecule has 0 aromatic carbocycles. The zero-order valence-electron chi connectivity index (χ0n) is 49.8. The van der Waals surface area contributed by atoms with Crippen molar-refractivity contribution in [3.8, 4) is 0 Å². The molecule has 434 valence electrons. The third-order valence-corrected chi connectivity index (χ3v) is 16.0. The maximum absolute atomic E-state index is 12.6. The third kappa shape index (κ3) is 58.4. The quantitative estimate of drug-likeness (QED) is 0.0361. The highest BCUT2D eigenvalue weighted by atomic mass is 16.3. The van der Waals surface area contributed by atoms with Crippen LogP contribution in [-0.4, -0.2) is 46.1 Å². The smallest absolute Gasteiger partial charge is 0.220 e. The molecule has 73 heavy (non-hydrogen) atoms. The molecule has 0 aliphatic rings. The van der Waals surface area contributed by atoms with E-state index < -0.39 is 18.2 Å². The summed E-state index contributed by atoms with van der Waals surface area (Å²) in [5, 5.41) is 33.8. The highest BCUT2D eigenvalue weighted by Gasteiger charge is 2.26. The van der Waals surface area contributed by atoms with E-state index in [1.54, 1.807) is 0 Å². The second-order valence-electron chi connectivity index (χ2n) is 23.4. The average molecular weight is 1030 g/mol. The molecule has 5 heteroatoms. The molecule has 0 saturated carbocycles. The van der Waals surface area contributed by atoms with Crippen molar-refractivity contribution < 1.29 is 20.1 Å². The van der Waals surface area contributed by atoms with Gasteiger partial charge < -0.3 is 20.6 Å². The van der Waals surface area contributed by atoms with E-state index in [0.717, 1.165) is 38.5 Å². The van der Waals surface area contributed by atoms with Gasteiger partial charge >= 0.3 is 0 Å². The molecule has 3 unspecified atom stereocenters. The van der Waals surface area contributed by atoms with Gasteiger partial charge in [-0.1, -0.05) is 334 Å². The normalized spacial score (nSPS) is 13.2. The highest BCUT2D eigenvalue weighted by molar-refractivity contribution is 5.76. The van der Waals surface area contributed by atoms with Crippen molar-refractivity contribution in [1.29, 1.82) is 0 Å². The van der Waals surface area contributed by atoms with Crippen LogP contribution in [0.3, 0.4) is 0 Å². The lowest BCUT2D eigenvalue weighted by Crippen LogP contribution is -2.50. The van der Waals surface area contributed by atoms with E-state index in [1.807, 2.05) is 0 Å². The molecule has 5 nitrogen and oxygen atoms in total. The average Bonchev–Trinajstić information content (AvgIpc) is 3.40. The van der Waals surface area contributed by atoms with Crippen LogP contribution in [0.2, 0.25) is 0 Å². The van der Waals surface area contributed by atoms with E-state index >= 15 is 0 Å². The molecular weight excluding hydrogens is 895 g/mol. The lowest BCUT2D eigenvalue weighted by molar-refractivity contribution is -0.124. The molecule has 1 amide bonds. The first-order valence-electron chi connectivity index (χ1n) is 33.6. The van der Waals surface area contributed by atoms with E-state index in [0.29, 0.717) is 12.8 Å². The van der Waals surface area contributed by atoms with Gasteiger partial charge in [-0.2, -0.15) is 0 Å². The predicted octanol–water partition coefficient (Wildman–Crippen LogP) is 21.6. The number of aliphatic hydroxyl groups is 3. The first-order valence-corrected chi connectivity index (χ1v) is 33.6. The van der Waals surface area contributed by atoms with E-state index in [1.165, 1.54) is 315 Å². The van der Waals surface area contributed by atoms with E-state index in [4.69, 9.17) is 0 Å². The van der Waals surface area contributed by atoms with Crippen molar-refractivity contribution in [1.82, 2.24) is 5.32 Å². The minimum absolute atomic E-state index is 0.147. The Morgan fingerprint density at radius 1 is 0.329 bits per heavy atom. The number of nitrogens with one attached hydrogen (secondary N) is 1. The van der Waals surface area contributed by atoms with Gasteiger partial charge in [0.1, 0.15) is 6.10 Å². The summed E-state index contributed by atoms with van der Waals surface area (Å²) < 4.78 is 0. The van der Waals surface area contributed by atoms with Gasteiger partial charge in [0, 0.05) is 6.42 Å². The number of unbranched alkanes of at least 4 members (excludes halogenated alkanes) is 51. The molecule has 0 aromatic rings. The number of rotatable bonds is 63. The Balaban J connectivity index is 3.45. The van der Waals surface area contributed by atoms with Crippen LogP contribution in [0.5, 0.6) is 0 Å². The maximum atomic E-state index is 12.6. The van der Waals surface area contributed by atoms with Crippen LogP contribution in [0.15, 0.2) is 24.3 Å². The van der Waals surface area contributed by atoms with E-state index in [9.17, 15) is 20.1 Å². The Morgan fingerprint density at radius 2 is 0.548 bits per heavy atom.